The maximum atomic E-state index is 14.8. The lowest BCUT2D eigenvalue weighted by Crippen LogP contribution is -2.51. The highest BCUT2D eigenvalue weighted by Gasteiger charge is 2.49. The molecule has 0 radical (unpaired) electrons. The van der Waals surface area contributed by atoms with Crippen molar-refractivity contribution in [3.8, 4) is 5.75 Å². The van der Waals surface area contributed by atoms with Gasteiger partial charge in [0.1, 0.15) is 34.8 Å². The van der Waals surface area contributed by atoms with Crippen LogP contribution in [-0.2, 0) is 5.54 Å². The van der Waals surface area contributed by atoms with E-state index in [2.05, 4.69) is 15.3 Å². The Bertz CT molecular complexity index is 963. The smallest absolute Gasteiger partial charge is 0.274 e. The fourth-order valence-corrected chi connectivity index (χ4v) is 3.13. The average Bonchev–Trinajstić information content (AvgIpc) is 2.67. The first-order chi connectivity index (χ1) is 13.6. The van der Waals surface area contributed by atoms with Gasteiger partial charge >= 0.3 is 0 Å². The second-order valence-corrected chi connectivity index (χ2v) is 7.25. The number of carbonyl (C=O) groups excluding carboxylic acids is 1. The molecule has 6 nitrogen and oxygen atoms in total. The number of carbonyl (C=O) groups is 1. The van der Waals surface area contributed by atoms with Crippen molar-refractivity contribution < 1.29 is 22.7 Å². The van der Waals surface area contributed by atoms with E-state index in [1.807, 2.05) is 0 Å². The number of nitrogens with two attached hydrogens (primary N) is 1. The largest absolute Gasteiger partial charge is 0.495 e. The van der Waals surface area contributed by atoms with Crippen LogP contribution >= 0.6 is 0 Å². The molecule has 2 heterocycles. The molecule has 0 aliphatic carbocycles. The van der Waals surface area contributed by atoms with Crippen LogP contribution in [0.2, 0.25) is 0 Å². The second kappa shape index (κ2) is 7.38. The summed E-state index contributed by atoms with van der Waals surface area (Å²) in [5.74, 6) is -1.20. The molecule has 3 atom stereocenters. The van der Waals surface area contributed by atoms with Gasteiger partial charge in [0.15, 0.2) is 5.67 Å². The maximum Gasteiger partial charge on any atom is 0.274 e. The number of hydrogen-bond donors (Lipinski definition) is 2. The van der Waals surface area contributed by atoms with Crippen molar-refractivity contribution in [3.63, 3.8) is 0 Å². The Balaban J connectivity index is 1.92. The molecule has 29 heavy (non-hydrogen) atoms. The summed E-state index contributed by atoms with van der Waals surface area (Å²) < 4.78 is 48.6. The van der Waals surface area contributed by atoms with Crippen LogP contribution in [-0.4, -0.2) is 35.7 Å². The Labute approximate surface area is 166 Å². The van der Waals surface area contributed by atoms with Gasteiger partial charge in [0, 0.05) is 17.7 Å². The third kappa shape index (κ3) is 3.90. The van der Waals surface area contributed by atoms with Crippen LogP contribution in [0.15, 0.2) is 41.5 Å². The summed E-state index contributed by atoms with van der Waals surface area (Å²) in [5.41, 5.74) is 2.00. The number of pyridine rings is 1. The number of ether oxygens (including phenoxy) is 1. The zero-order valence-corrected chi connectivity index (χ0v) is 16.2. The van der Waals surface area contributed by atoms with Gasteiger partial charge in [-0.1, -0.05) is 0 Å². The molecule has 0 spiro atoms. The minimum atomic E-state index is -2.11. The number of methoxy groups -OCH3 is 1. The standard InChI is InChI=1S/C20H21F3N4O2/c1-19(23)9-16(22)20(2,27-18(19)24)13-8-11(4-6-14(13)21)26-17(28)15-7-5-12(29-3)10-25-15/h4-8,10,16H,9H2,1-3H3,(H2,24,27)(H,26,28)/t16-,19+,20+/m0/s1. The van der Waals surface area contributed by atoms with Crippen LogP contribution in [0.5, 0.6) is 5.75 Å². The summed E-state index contributed by atoms with van der Waals surface area (Å²) in [6.45, 7) is 2.47. The zero-order valence-electron chi connectivity index (χ0n) is 16.2. The van der Waals surface area contributed by atoms with Crippen molar-refractivity contribution in [1.82, 2.24) is 4.98 Å². The summed E-state index contributed by atoms with van der Waals surface area (Å²) in [4.78, 5) is 20.3. The monoisotopic (exact) mass is 406 g/mol. The quantitative estimate of drug-likeness (QED) is 0.813. The first-order valence-electron chi connectivity index (χ1n) is 8.87. The van der Waals surface area contributed by atoms with Gasteiger partial charge in [-0.15, -0.1) is 0 Å². The van der Waals surface area contributed by atoms with Gasteiger partial charge in [0.05, 0.1) is 13.3 Å². The van der Waals surface area contributed by atoms with Crippen LogP contribution in [0.3, 0.4) is 0 Å². The molecule has 0 bridgehead atoms. The van der Waals surface area contributed by atoms with Crippen molar-refractivity contribution in [2.45, 2.75) is 37.6 Å². The van der Waals surface area contributed by atoms with Gasteiger partial charge in [-0.2, -0.15) is 0 Å². The molecule has 0 saturated heterocycles. The lowest BCUT2D eigenvalue weighted by molar-refractivity contribution is 0.102. The summed E-state index contributed by atoms with van der Waals surface area (Å²) in [6, 6.07) is 6.71. The van der Waals surface area contributed by atoms with E-state index in [9.17, 15) is 18.0 Å². The normalized spacial score (nSPS) is 26.6. The van der Waals surface area contributed by atoms with Crippen LogP contribution in [0.25, 0.3) is 0 Å². The molecule has 1 aliphatic rings. The molecule has 1 aromatic heterocycles. The zero-order chi connectivity index (χ0) is 21.4. The molecule has 1 amide bonds. The topological polar surface area (TPSA) is 89.6 Å². The van der Waals surface area contributed by atoms with Crippen molar-refractivity contribution >= 4 is 17.4 Å². The highest BCUT2D eigenvalue weighted by Crippen LogP contribution is 2.42. The van der Waals surface area contributed by atoms with E-state index >= 15 is 0 Å². The average molecular weight is 406 g/mol. The number of amides is 1. The predicted octanol–water partition coefficient (Wildman–Crippen LogP) is 3.52. The van der Waals surface area contributed by atoms with Crippen LogP contribution in [0.1, 0.15) is 36.3 Å². The molecule has 0 fully saturated rings. The molecule has 2 aromatic rings. The van der Waals surface area contributed by atoms with Crippen molar-refractivity contribution in [3.05, 3.63) is 53.6 Å². The van der Waals surface area contributed by atoms with Crippen molar-refractivity contribution in [2.75, 3.05) is 12.4 Å². The van der Waals surface area contributed by atoms with Gasteiger partial charge in [0.25, 0.3) is 5.91 Å². The predicted molar refractivity (Wildman–Crippen MR) is 103 cm³/mol. The Morgan fingerprint density at radius 3 is 2.66 bits per heavy atom. The van der Waals surface area contributed by atoms with Crippen LogP contribution in [0, 0.1) is 5.82 Å². The lowest BCUT2D eigenvalue weighted by atomic mass is 9.79. The van der Waals surface area contributed by atoms with E-state index in [0.717, 1.165) is 13.0 Å². The minimum absolute atomic E-state index is 0.111. The number of benzene rings is 1. The fourth-order valence-electron chi connectivity index (χ4n) is 3.13. The van der Waals surface area contributed by atoms with Crippen molar-refractivity contribution in [1.29, 1.82) is 0 Å². The van der Waals surface area contributed by atoms with Crippen LogP contribution < -0.4 is 15.8 Å². The summed E-state index contributed by atoms with van der Waals surface area (Å²) in [5, 5.41) is 2.58. The molecular weight excluding hydrogens is 385 g/mol. The molecule has 1 aliphatic heterocycles. The van der Waals surface area contributed by atoms with Gasteiger partial charge in [-0.05, 0) is 44.2 Å². The molecule has 0 saturated carbocycles. The lowest BCUT2D eigenvalue weighted by Gasteiger charge is -2.38. The van der Waals surface area contributed by atoms with Crippen LogP contribution in [0.4, 0.5) is 18.9 Å². The Morgan fingerprint density at radius 1 is 1.31 bits per heavy atom. The molecule has 3 N–H and O–H groups in total. The highest BCUT2D eigenvalue weighted by molar-refractivity contribution is 6.03. The third-order valence-corrected chi connectivity index (χ3v) is 5.03. The first kappa shape index (κ1) is 20.6. The van der Waals surface area contributed by atoms with Gasteiger partial charge in [-0.25, -0.2) is 18.2 Å². The number of aliphatic imine (C=N–C) groups is 1. The summed E-state index contributed by atoms with van der Waals surface area (Å²) >= 11 is 0. The number of anilines is 1. The van der Waals surface area contributed by atoms with E-state index in [1.165, 1.54) is 38.4 Å². The highest BCUT2D eigenvalue weighted by atomic mass is 19.2. The number of alkyl halides is 2. The molecule has 3 rings (SSSR count). The number of hydrogen-bond acceptors (Lipinski definition) is 5. The number of nitrogens with one attached hydrogen (secondary N) is 1. The number of halogens is 3. The number of nitrogens with zero attached hydrogens (tertiary/aromatic N) is 2. The van der Waals surface area contributed by atoms with E-state index in [1.54, 1.807) is 6.07 Å². The fraction of sp³-hybridized carbons (Fsp3) is 0.350. The third-order valence-electron chi connectivity index (χ3n) is 5.03. The minimum Gasteiger partial charge on any atom is -0.495 e. The second-order valence-electron chi connectivity index (χ2n) is 7.25. The molecule has 1 aromatic carbocycles. The Morgan fingerprint density at radius 2 is 2.03 bits per heavy atom. The summed E-state index contributed by atoms with van der Waals surface area (Å²) in [7, 11) is 1.47. The van der Waals surface area contributed by atoms with E-state index in [0.29, 0.717) is 5.75 Å². The van der Waals surface area contributed by atoms with Gasteiger partial charge < -0.3 is 15.8 Å². The van der Waals surface area contributed by atoms with E-state index in [-0.39, 0.29) is 16.9 Å². The molecule has 9 heteroatoms. The molecule has 154 valence electrons. The first-order valence-corrected chi connectivity index (χ1v) is 8.87. The number of rotatable bonds is 4. The number of aromatic nitrogens is 1. The van der Waals surface area contributed by atoms with E-state index < -0.39 is 41.4 Å². The Kier molecular flexibility index (Phi) is 5.25. The SMILES string of the molecule is COc1ccc(C(=O)Nc2ccc(F)c([C@@]3(C)N=C(N)[C@](C)(F)C[C@@H]3F)c2)nc1. The molecular formula is C20H21F3N4O2. The maximum absolute atomic E-state index is 14.8. The van der Waals surface area contributed by atoms with Gasteiger partial charge in [0.2, 0.25) is 0 Å². The Hall–Kier alpha value is -3.10. The number of amidine groups is 1. The van der Waals surface area contributed by atoms with Crippen molar-refractivity contribution in [2.24, 2.45) is 10.7 Å². The van der Waals surface area contributed by atoms with Gasteiger partial charge in [-0.3, -0.25) is 9.79 Å². The molecule has 0 unspecified atom stereocenters. The summed E-state index contributed by atoms with van der Waals surface area (Å²) in [6.07, 6.45) is -0.980. The van der Waals surface area contributed by atoms with E-state index in [4.69, 9.17) is 10.5 Å².